The number of nitrogens with one attached hydrogen (secondary N) is 1. The van der Waals surface area contributed by atoms with Crippen LogP contribution < -0.4 is 11.1 Å². The topological polar surface area (TPSA) is 113 Å². The van der Waals surface area contributed by atoms with E-state index in [1.54, 1.807) is 6.92 Å². The quantitative estimate of drug-likeness (QED) is 0.450. The number of hydrogen-bond acceptors (Lipinski definition) is 4. The van der Waals surface area contributed by atoms with Crippen LogP contribution in [0.5, 0.6) is 0 Å². The maximum absolute atomic E-state index is 11.4. The second-order valence-corrected chi connectivity index (χ2v) is 3.29. The Bertz CT molecular complexity index is 209. The van der Waals surface area contributed by atoms with Crippen LogP contribution in [-0.4, -0.2) is 36.5 Å². The van der Waals surface area contributed by atoms with Gasteiger partial charge in [0.1, 0.15) is 6.04 Å². The maximum Gasteiger partial charge on any atom is 0.328 e. The Balaban J connectivity index is 0. The molecule has 1 amide bonds. The standard InChI is InChI=1S/C10H20N2O3.H2O/c1-3-15-10(14)9(12-8(2)13)6-4-5-7-11;/h9H,3-7,11H2,1-2H3,(H,12,13);1H2/t9-;/m0./s1. The summed E-state index contributed by atoms with van der Waals surface area (Å²) in [6, 6.07) is -0.533. The Hall–Kier alpha value is -1.14. The van der Waals surface area contributed by atoms with Crippen LogP contribution in [0.1, 0.15) is 33.1 Å². The van der Waals surface area contributed by atoms with E-state index in [4.69, 9.17) is 10.5 Å². The van der Waals surface area contributed by atoms with Crippen molar-refractivity contribution in [2.24, 2.45) is 5.73 Å². The predicted molar refractivity (Wildman–Crippen MR) is 60.8 cm³/mol. The Morgan fingerprint density at radius 3 is 2.44 bits per heavy atom. The summed E-state index contributed by atoms with van der Waals surface area (Å²) in [5, 5.41) is 2.57. The van der Waals surface area contributed by atoms with Crippen molar-refractivity contribution in [2.75, 3.05) is 13.2 Å². The fourth-order valence-electron chi connectivity index (χ4n) is 1.23. The minimum absolute atomic E-state index is 0. The molecule has 0 aromatic carbocycles. The van der Waals surface area contributed by atoms with Crippen molar-refractivity contribution in [1.29, 1.82) is 0 Å². The molecule has 6 heteroatoms. The molecule has 0 aliphatic rings. The van der Waals surface area contributed by atoms with E-state index in [0.29, 0.717) is 19.6 Å². The SMILES string of the molecule is CCOC(=O)[C@H](CCCCN)NC(C)=O.O. The number of esters is 1. The molecule has 0 unspecified atom stereocenters. The first-order valence-corrected chi connectivity index (χ1v) is 5.25. The molecule has 0 saturated carbocycles. The first-order chi connectivity index (χ1) is 7.11. The number of carbonyl (C=O) groups is 2. The van der Waals surface area contributed by atoms with E-state index < -0.39 is 6.04 Å². The van der Waals surface area contributed by atoms with Gasteiger partial charge in [0.2, 0.25) is 5.91 Å². The van der Waals surface area contributed by atoms with Gasteiger partial charge in [-0.3, -0.25) is 4.79 Å². The van der Waals surface area contributed by atoms with Gasteiger partial charge >= 0.3 is 5.97 Å². The Morgan fingerprint density at radius 1 is 1.38 bits per heavy atom. The monoisotopic (exact) mass is 234 g/mol. The van der Waals surface area contributed by atoms with Crippen LogP contribution in [0.4, 0.5) is 0 Å². The third kappa shape index (κ3) is 8.19. The zero-order valence-corrected chi connectivity index (χ0v) is 9.91. The molecule has 0 aliphatic heterocycles. The van der Waals surface area contributed by atoms with Crippen molar-refractivity contribution in [3.63, 3.8) is 0 Å². The third-order valence-corrected chi connectivity index (χ3v) is 1.90. The number of nitrogens with two attached hydrogens (primary N) is 1. The molecule has 0 bridgehead atoms. The first kappa shape index (κ1) is 17.3. The average molecular weight is 234 g/mol. The highest BCUT2D eigenvalue weighted by Gasteiger charge is 2.19. The molecule has 1 atom stereocenters. The normalized spacial score (nSPS) is 11.2. The number of hydrogen-bond donors (Lipinski definition) is 2. The number of amides is 1. The second kappa shape index (κ2) is 10.4. The molecule has 0 aliphatic carbocycles. The lowest BCUT2D eigenvalue weighted by molar-refractivity contribution is -0.147. The van der Waals surface area contributed by atoms with E-state index in [0.717, 1.165) is 12.8 Å². The number of carbonyl (C=O) groups excluding carboxylic acids is 2. The molecule has 6 nitrogen and oxygen atoms in total. The van der Waals surface area contributed by atoms with Gasteiger partial charge in [0.05, 0.1) is 6.61 Å². The van der Waals surface area contributed by atoms with E-state index in [1.165, 1.54) is 6.92 Å². The molecule has 0 rings (SSSR count). The van der Waals surface area contributed by atoms with Crippen molar-refractivity contribution in [3.8, 4) is 0 Å². The molecule has 0 aromatic rings. The largest absolute Gasteiger partial charge is 0.464 e. The Labute approximate surface area is 95.8 Å². The van der Waals surface area contributed by atoms with Crippen molar-refractivity contribution in [1.82, 2.24) is 5.32 Å². The van der Waals surface area contributed by atoms with Gasteiger partial charge in [-0.2, -0.15) is 0 Å². The second-order valence-electron chi connectivity index (χ2n) is 3.29. The molecule has 0 heterocycles. The zero-order valence-electron chi connectivity index (χ0n) is 9.91. The molecular weight excluding hydrogens is 212 g/mol. The lowest BCUT2D eigenvalue weighted by Crippen LogP contribution is -2.40. The van der Waals surface area contributed by atoms with Gasteiger partial charge in [-0.05, 0) is 32.7 Å². The minimum atomic E-state index is -0.533. The third-order valence-electron chi connectivity index (χ3n) is 1.90. The van der Waals surface area contributed by atoms with Crippen LogP contribution >= 0.6 is 0 Å². The van der Waals surface area contributed by atoms with Crippen molar-refractivity contribution in [3.05, 3.63) is 0 Å². The molecule has 0 aromatic heterocycles. The highest BCUT2D eigenvalue weighted by atomic mass is 16.5. The maximum atomic E-state index is 11.4. The molecule has 0 spiro atoms. The number of unbranched alkanes of at least 4 members (excludes halogenated alkanes) is 1. The van der Waals surface area contributed by atoms with E-state index in [2.05, 4.69) is 5.32 Å². The molecule has 96 valence electrons. The average Bonchev–Trinajstić information content (AvgIpc) is 2.16. The van der Waals surface area contributed by atoms with Gasteiger partial charge in [-0.1, -0.05) is 0 Å². The van der Waals surface area contributed by atoms with Crippen molar-refractivity contribution < 1.29 is 19.8 Å². The smallest absolute Gasteiger partial charge is 0.328 e. The van der Waals surface area contributed by atoms with Gasteiger partial charge in [-0.25, -0.2) is 4.79 Å². The summed E-state index contributed by atoms with van der Waals surface area (Å²) >= 11 is 0. The molecule has 16 heavy (non-hydrogen) atoms. The van der Waals surface area contributed by atoms with Crippen LogP contribution in [0.15, 0.2) is 0 Å². The van der Waals surface area contributed by atoms with Gasteiger partial charge in [0.15, 0.2) is 0 Å². The van der Waals surface area contributed by atoms with Crippen LogP contribution in [-0.2, 0) is 14.3 Å². The molecule has 0 radical (unpaired) electrons. The predicted octanol–water partition coefficient (Wildman–Crippen LogP) is -0.641. The van der Waals surface area contributed by atoms with Crippen LogP contribution in [0.3, 0.4) is 0 Å². The van der Waals surface area contributed by atoms with Crippen molar-refractivity contribution >= 4 is 11.9 Å². The molecule has 5 N–H and O–H groups in total. The summed E-state index contributed by atoms with van der Waals surface area (Å²) in [5.41, 5.74) is 5.35. The molecule has 0 fully saturated rings. The van der Waals surface area contributed by atoms with Gasteiger partial charge in [0.25, 0.3) is 0 Å². The fourth-order valence-corrected chi connectivity index (χ4v) is 1.23. The summed E-state index contributed by atoms with van der Waals surface area (Å²) in [5.74, 6) is -0.592. The Morgan fingerprint density at radius 2 is 2.00 bits per heavy atom. The summed E-state index contributed by atoms with van der Waals surface area (Å²) in [6.07, 6.45) is 2.23. The zero-order chi connectivity index (χ0) is 11.7. The van der Waals surface area contributed by atoms with Gasteiger partial charge in [0, 0.05) is 6.92 Å². The first-order valence-electron chi connectivity index (χ1n) is 5.25. The van der Waals surface area contributed by atoms with Crippen LogP contribution in [0, 0.1) is 0 Å². The summed E-state index contributed by atoms with van der Waals surface area (Å²) in [7, 11) is 0. The molecular formula is C10H22N2O4. The Kier molecular flexibility index (Phi) is 11.2. The summed E-state index contributed by atoms with van der Waals surface area (Å²) in [6.45, 7) is 4.04. The fraction of sp³-hybridized carbons (Fsp3) is 0.800. The van der Waals surface area contributed by atoms with E-state index in [1.807, 2.05) is 0 Å². The van der Waals surface area contributed by atoms with Crippen LogP contribution in [0.2, 0.25) is 0 Å². The summed E-state index contributed by atoms with van der Waals surface area (Å²) in [4.78, 5) is 22.3. The van der Waals surface area contributed by atoms with Crippen LogP contribution in [0.25, 0.3) is 0 Å². The lowest BCUT2D eigenvalue weighted by Gasteiger charge is -2.15. The lowest BCUT2D eigenvalue weighted by atomic mass is 10.1. The number of ether oxygens (including phenoxy) is 1. The van der Waals surface area contributed by atoms with Crippen molar-refractivity contribution in [2.45, 2.75) is 39.2 Å². The van der Waals surface area contributed by atoms with E-state index in [9.17, 15) is 9.59 Å². The van der Waals surface area contributed by atoms with Gasteiger partial charge < -0.3 is 21.3 Å². The van der Waals surface area contributed by atoms with E-state index in [-0.39, 0.29) is 17.4 Å². The number of rotatable bonds is 7. The van der Waals surface area contributed by atoms with Gasteiger partial charge in [-0.15, -0.1) is 0 Å². The highest BCUT2D eigenvalue weighted by Crippen LogP contribution is 2.02. The summed E-state index contributed by atoms with van der Waals surface area (Å²) < 4.78 is 4.85. The van der Waals surface area contributed by atoms with E-state index >= 15 is 0 Å². The highest BCUT2D eigenvalue weighted by molar-refractivity contribution is 5.83. The minimum Gasteiger partial charge on any atom is -0.464 e. The molecule has 0 saturated heterocycles.